The third-order valence-corrected chi connectivity index (χ3v) is 6.10. The van der Waals surface area contributed by atoms with E-state index in [-0.39, 0.29) is 0 Å². The molecule has 0 spiro atoms. The number of hydrogen-bond acceptors (Lipinski definition) is 6. The minimum absolute atomic E-state index is 0.794. The first-order valence-corrected chi connectivity index (χ1v) is 11.4. The van der Waals surface area contributed by atoms with Crippen LogP contribution in [0.4, 0.5) is 0 Å². The third-order valence-electron chi connectivity index (χ3n) is 5.17. The van der Waals surface area contributed by atoms with Gasteiger partial charge in [0.15, 0.2) is 5.96 Å². The van der Waals surface area contributed by atoms with Gasteiger partial charge in [-0.3, -0.25) is 9.89 Å². The van der Waals surface area contributed by atoms with E-state index in [0.717, 1.165) is 81.8 Å². The van der Waals surface area contributed by atoms with Crippen LogP contribution in [0.2, 0.25) is 0 Å². The van der Waals surface area contributed by atoms with Crippen molar-refractivity contribution in [2.75, 3.05) is 39.3 Å². The van der Waals surface area contributed by atoms with Crippen molar-refractivity contribution in [1.29, 1.82) is 0 Å². The van der Waals surface area contributed by atoms with Crippen LogP contribution in [0.5, 0.6) is 0 Å². The van der Waals surface area contributed by atoms with Gasteiger partial charge in [-0.2, -0.15) is 0 Å². The Morgan fingerprint density at radius 2 is 2.10 bits per heavy atom. The van der Waals surface area contributed by atoms with Crippen molar-refractivity contribution in [2.45, 2.75) is 26.3 Å². The summed E-state index contributed by atoms with van der Waals surface area (Å²) in [6.07, 6.45) is 3.55. The summed E-state index contributed by atoms with van der Waals surface area (Å²) in [4.78, 5) is 11.1. The normalized spacial score (nSPS) is 15.6. The smallest absolute Gasteiger partial charge is 0.194 e. The summed E-state index contributed by atoms with van der Waals surface area (Å²) in [5.74, 6) is 2.85. The summed E-state index contributed by atoms with van der Waals surface area (Å²) in [7, 11) is 0. The molecule has 0 radical (unpaired) electrons. The van der Waals surface area contributed by atoms with Gasteiger partial charge in [0, 0.05) is 69.6 Å². The lowest BCUT2D eigenvalue weighted by Gasteiger charge is -2.36. The molecule has 1 saturated heterocycles. The summed E-state index contributed by atoms with van der Waals surface area (Å²) < 4.78 is 10.6. The SMILES string of the molecule is Cc1cc(CN2CCN(C(=NCCc3cccs3)NCCc3ccco3)CC2)no1. The molecule has 160 valence electrons. The van der Waals surface area contributed by atoms with Crippen molar-refractivity contribution in [2.24, 2.45) is 4.99 Å². The molecule has 0 unspecified atom stereocenters. The summed E-state index contributed by atoms with van der Waals surface area (Å²) in [5.41, 5.74) is 1.00. The van der Waals surface area contributed by atoms with E-state index in [2.05, 4.69) is 37.8 Å². The fourth-order valence-electron chi connectivity index (χ4n) is 3.59. The topological polar surface area (TPSA) is 70.0 Å². The summed E-state index contributed by atoms with van der Waals surface area (Å²) in [5, 5.41) is 9.79. The van der Waals surface area contributed by atoms with E-state index >= 15 is 0 Å². The van der Waals surface area contributed by atoms with Crippen molar-refractivity contribution in [3.05, 3.63) is 64.1 Å². The highest BCUT2D eigenvalue weighted by molar-refractivity contribution is 7.09. The lowest BCUT2D eigenvalue weighted by molar-refractivity contribution is 0.169. The van der Waals surface area contributed by atoms with Crippen molar-refractivity contribution in [1.82, 2.24) is 20.3 Å². The Labute approximate surface area is 181 Å². The fourth-order valence-corrected chi connectivity index (χ4v) is 4.28. The van der Waals surface area contributed by atoms with Crippen LogP contribution < -0.4 is 5.32 Å². The maximum absolute atomic E-state index is 5.45. The first kappa shape index (κ1) is 20.7. The molecule has 4 rings (SSSR count). The van der Waals surface area contributed by atoms with E-state index in [1.807, 2.05) is 25.1 Å². The number of aromatic nitrogens is 1. The fraction of sp³-hybridized carbons (Fsp3) is 0.455. The van der Waals surface area contributed by atoms with Crippen LogP contribution in [0.1, 0.15) is 22.1 Å². The van der Waals surface area contributed by atoms with Crippen LogP contribution in [0, 0.1) is 6.92 Å². The Hall–Kier alpha value is -2.58. The molecule has 0 aliphatic carbocycles. The van der Waals surface area contributed by atoms with Crippen molar-refractivity contribution < 1.29 is 8.94 Å². The number of nitrogens with one attached hydrogen (secondary N) is 1. The van der Waals surface area contributed by atoms with Gasteiger partial charge < -0.3 is 19.2 Å². The number of aryl methyl sites for hydroxylation is 1. The van der Waals surface area contributed by atoms with Gasteiger partial charge in [-0.15, -0.1) is 11.3 Å². The third kappa shape index (κ3) is 5.96. The average Bonchev–Trinajstić information content (AvgIpc) is 3.52. The number of hydrogen-bond donors (Lipinski definition) is 1. The molecular formula is C22H29N5O2S. The number of piperazine rings is 1. The second kappa shape index (κ2) is 10.4. The van der Waals surface area contributed by atoms with Gasteiger partial charge in [0.05, 0.1) is 12.0 Å². The minimum Gasteiger partial charge on any atom is -0.469 e. The second-order valence-electron chi connectivity index (χ2n) is 7.48. The van der Waals surface area contributed by atoms with E-state index < -0.39 is 0 Å². The molecule has 4 heterocycles. The molecule has 3 aromatic heterocycles. The van der Waals surface area contributed by atoms with Crippen molar-refractivity contribution >= 4 is 17.3 Å². The summed E-state index contributed by atoms with van der Waals surface area (Å²) in [6, 6.07) is 10.2. The number of nitrogens with zero attached hydrogens (tertiary/aromatic N) is 4. The van der Waals surface area contributed by atoms with Gasteiger partial charge in [-0.1, -0.05) is 11.2 Å². The van der Waals surface area contributed by atoms with Gasteiger partial charge in [0.2, 0.25) is 0 Å². The Balaban J connectivity index is 1.31. The molecule has 30 heavy (non-hydrogen) atoms. The monoisotopic (exact) mass is 427 g/mol. The lowest BCUT2D eigenvalue weighted by atomic mass is 10.3. The Kier molecular flexibility index (Phi) is 7.20. The van der Waals surface area contributed by atoms with E-state index in [4.69, 9.17) is 13.9 Å². The molecule has 0 aromatic carbocycles. The standard InChI is InChI=1S/C22H29N5O2S/c1-18-16-19(25-29-18)17-26-10-12-27(13-11-26)22(23-8-6-20-4-2-14-28-20)24-9-7-21-5-3-15-30-21/h2-5,14-16H,6-13,17H2,1H3,(H,23,24). The Morgan fingerprint density at radius 1 is 1.20 bits per heavy atom. The van der Waals surface area contributed by atoms with Gasteiger partial charge in [-0.05, 0) is 30.5 Å². The van der Waals surface area contributed by atoms with Crippen molar-refractivity contribution in [3.8, 4) is 0 Å². The maximum Gasteiger partial charge on any atom is 0.194 e. The van der Waals surface area contributed by atoms with Gasteiger partial charge >= 0.3 is 0 Å². The predicted octanol–water partition coefficient (Wildman–Crippen LogP) is 3.19. The number of rotatable bonds is 8. The zero-order valence-corrected chi connectivity index (χ0v) is 18.2. The highest BCUT2D eigenvalue weighted by atomic mass is 32.1. The van der Waals surface area contributed by atoms with E-state index in [9.17, 15) is 0 Å². The average molecular weight is 428 g/mol. The van der Waals surface area contributed by atoms with Crippen LogP contribution in [0.15, 0.2) is 55.9 Å². The molecule has 7 nitrogen and oxygen atoms in total. The van der Waals surface area contributed by atoms with Gasteiger partial charge in [-0.25, -0.2) is 0 Å². The predicted molar refractivity (Wildman–Crippen MR) is 119 cm³/mol. The van der Waals surface area contributed by atoms with E-state index in [1.54, 1.807) is 17.6 Å². The molecule has 0 amide bonds. The molecular weight excluding hydrogens is 398 g/mol. The van der Waals surface area contributed by atoms with E-state index in [0.29, 0.717) is 0 Å². The zero-order chi connectivity index (χ0) is 20.6. The largest absolute Gasteiger partial charge is 0.469 e. The first-order chi connectivity index (χ1) is 14.8. The number of guanidine groups is 1. The Morgan fingerprint density at radius 3 is 2.80 bits per heavy atom. The molecule has 1 aliphatic heterocycles. The summed E-state index contributed by atoms with van der Waals surface area (Å²) >= 11 is 1.79. The zero-order valence-electron chi connectivity index (χ0n) is 17.4. The number of aliphatic imine (C=N–C) groups is 1. The minimum atomic E-state index is 0.794. The van der Waals surface area contributed by atoms with Crippen LogP contribution in [-0.4, -0.2) is 60.2 Å². The maximum atomic E-state index is 5.45. The van der Waals surface area contributed by atoms with Crippen LogP contribution in [0.3, 0.4) is 0 Å². The lowest BCUT2D eigenvalue weighted by Crippen LogP contribution is -2.52. The van der Waals surface area contributed by atoms with Gasteiger partial charge in [0.25, 0.3) is 0 Å². The molecule has 1 aliphatic rings. The first-order valence-electron chi connectivity index (χ1n) is 10.5. The van der Waals surface area contributed by atoms with Crippen LogP contribution in [-0.2, 0) is 19.4 Å². The number of thiophene rings is 1. The Bertz CT molecular complexity index is 896. The van der Waals surface area contributed by atoms with Crippen molar-refractivity contribution in [3.63, 3.8) is 0 Å². The molecule has 0 bridgehead atoms. The molecule has 8 heteroatoms. The second-order valence-corrected chi connectivity index (χ2v) is 8.52. The molecule has 1 fully saturated rings. The quantitative estimate of drug-likeness (QED) is 0.440. The summed E-state index contributed by atoms with van der Waals surface area (Å²) in [6.45, 7) is 8.23. The van der Waals surface area contributed by atoms with Crippen LogP contribution in [0.25, 0.3) is 0 Å². The molecule has 3 aromatic rings. The highest BCUT2D eigenvalue weighted by Gasteiger charge is 2.20. The van der Waals surface area contributed by atoms with Gasteiger partial charge in [0.1, 0.15) is 11.5 Å². The molecule has 0 atom stereocenters. The molecule has 1 N–H and O–H groups in total. The van der Waals surface area contributed by atoms with E-state index in [1.165, 1.54) is 4.88 Å². The molecule has 0 saturated carbocycles. The number of furan rings is 1. The highest BCUT2D eigenvalue weighted by Crippen LogP contribution is 2.11. The van der Waals surface area contributed by atoms with Crippen LogP contribution >= 0.6 is 11.3 Å².